The van der Waals surface area contributed by atoms with Crippen LogP contribution in [-0.4, -0.2) is 42.0 Å². The van der Waals surface area contributed by atoms with Gasteiger partial charge < -0.3 is 23.9 Å². The van der Waals surface area contributed by atoms with Crippen LogP contribution in [0.15, 0.2) is 12.1 Å². The van der Waals surface area contributed by atoms with Crippen LogP contribution in [-0.2, 0) is 22.7 Å². The highest BCUT2D eigenvalue weighted by atomic mass is 16.5. The van der Waals surface area contributed by atoms with Gasteiger partial charge in [-0.2, -0.15) is 0 Å². The normalized spacial score (nSPS) is 10.8. The van der Waals surface area contributed by atoms with E-state index in [2.05, 4.69) is 4.98 Å². The van der Waals surface area contributed by atoms with E-state index in [4.69, 9.17) is 19.3 Å². The fourth-order valence-corrected chi connectivity index (χ4v) is 2.05. The molecule has 0 bridgehead atoms. The average molecular weight is 280 g/mol. The highest BCUT2D eigenvalue weighted by Gasteiger charge is 2.16. The molecule has 1 aromatic heterocycles. The molecule has 0 unspecified atom stereocenters. The lowest BCUT2D eigenvalue weighted by Crippen LogP contribution is -2.12. The predicted molar refractivity (Wildman–Crippen MR) is 71.2 cm³/mol. The Morgan fingerprint density at radius 2 is 1.90 bits per heavy atom. The summed E-state index contributed by atoms with van der Waals surface area (Å²) in [5, 5.41) is 9.02. The van der Waals surface area contributed by atoms with E-state index in [9.17, 15) is 4.79 Å². The number of carboxylic acids is 1. The van der Waals surface area contributed by atoms with Crippen molar-refractivity contribution in [2.45, 2.75) is 13.2 Å². The molecule has 1 aromatic carbocycles. The SMILES string of the molecule is COCc1nc2cc(OC)c(OC)cc2n1CC(=O)O. The second kappa shape index (κ2) is 5.79. The van der Waals surface area contributed by atoms with Crippen molar-refractivity contribution in [3.05, 3.63) is 18.0 Å². The third-order valence-electron chi connectivity index (χ3n) is 2.90. The number of ether oxygens (including phenoxy) is 3. The molecule has 0 fully saturated rings. The van der Waals surface area contributed by atoms with E-state index in [1.54, 1.807) is 16.7 Å². The van der Waals surface area contributed by atoms with Crippen LogP contribution < -0.4 is 9.47 Å². The summed E-state index contributed by atoms with van der Waals surface area (Å²) < 4.78 is 17.1. The van der Waals surface area contributed by atoms with E-state index < -0.39 is 5.97 Å². The first-order valence-electron chi connectivity index (χ1n) is 5.92. The summed E-state index contributed by atoms with van der Waals surface area (Å²) in [6.07, 6.45) is 0. The summed E-state index contributed by atoms with van der Waals surface area (Å²) >= 11 is 0. The molecule has 20 heavy (non-hydrogen) atoms. The van der Waals surface area contributed by atoms with Crippen molar-refractivity contribution < 1.29 is 24.1 Å². The summed E-state index contributed by atoms with van der Waals surface area (Å²) in [5.41, 5.74) is 1.30. The van der Waals surface area contributed by atoms with Gasteiger partial charge in [-0.15, -0.1) is 0 Å². The quantitative estimate of drug-likeness (QED) is 0.858. The molecule has 0 saturated carbocycles. The number of hydrogen-bond acceptors (Lipinski definition) is 5. The van der Waals surface area contributed by atoms with Gasteiger partial charge in [0.25, 0.3) is 0 Å². The molecule has 2 aromatic rings. The van der Waals surface area contributed by atoms with Gasteiger partial charge in [-0.3, -0.25) is 4.79 Å². The Hall–Kier alpha value is -2.28. The fourth-order valence-electron chi connectivity index (χ4n) is 2.05. The molecule has 108 valence electrons. The molecule has 0 saturated heterocycles. The van der Waals surface area contributed by atoms with Crippen molar-refractivity contribution in [3.63, 3.8) is 0 Å². The molecular weight excluding hydrogens is 264 g/mol. The molecule has 0 radical (unpaired) electrons. The fraction of sp³-hybridized carbons (Fsp3) is 0.385. The van der Waals surface area contributed by atoms with Crippen LogP contribution in [0.3, 0.4) is 0 Å². The molecule has 0 aliphatic carbocycles. The lowest BCUT2D eigenvalue weighted by atomic mass is 10.2. The third-order valence-corrected chi connectivity index (χ3v) is 2.90. The number of imidazole rings is 1. The van der Waals surface area contributed by atoms with Crippen LogP contribution >= 0.6 is 0 Å². The van der Waals surface area contributed by atoms with E-state index in [0.717, 1.165) is 0 Å². The minimum atomic E-state index is -0.948. The predicted octanol–water partition coefficient (Wildman–Crippen LogP) is 1.28. The topological polar surface area (TPSA) is 82.8 Å². The molecule has 0 aliphatic rings. The molecule has 7 heteroatoms. The Morgan fingerprint density at radius 3 is 2.45 bits per heavy atom. The van der Waals surface area contributed by atoms with Crippen molar-refractivity contribution in [1.82, 2.24) is 9.55 Å². The lowest BCUT2D eigenvalue weighted by Gasteiger charge is -2.09. The zero-order chi connectivity index (χ0) is 14.7. The first kappa shape index (κ1) is 14.1. The number of aliphatic carboxylic acids is 1. The Kier molecular flexibility index (Phi) is 4.09. The zero-order valence-corrected chi connectivity index (χ0v) is 11.5. The second-order valence-electron chi connectivity index (χ2n) is 4.14. The number of nitrogens with zero attached hydrogens (tertiary/aromatic N) is 2. The highest BCUT2D eigenvalue weighted by molar-refractivity contribution is 5.82. The summed E-state index contributed by atoms with van der Waals surface area (Å²) in [4.78, 5) is 15.4. The van der Waals surface area contributed by atoms with Gasteiger partial charge in [0.15, 0.2) is 11.5 Å². The second-order valence-corrected chi connectivity index (χ2v) is 4.14. The molecule has 2 rings (SSSR count). The summed E-state index contributed by atoms with van der Waals surface area (Å²) in [5.74, 6) is 0.663. The highest BCUT2D eigenvalue weighted by Crippen LogP contribution is 2.32. The van der Waals surface area contributed by atoms with Gasteiger partial charge >= 0.3 is 5.97 Å². The number of rotatable bonds is 6. The van der Waals surface area contributed by atoms with Crippen LogP contribution in [0.25, 0.3) is 11.0 Å². The zero-order valence-electron chi connectivity index (χ0n) is 11.5. The van der Waals surface area contributed by atoms with Gasteiger partial charge in [-0.05, 0) is 0 Å². The van der Waals surface area contributed by atoms with E-state index in [1.807, 2.05) is 0 Å². The van der Waals surface area contributed by atoms with Gasteiger partial charge in [0, 0.05) is 19.2 Å². The van der Waals surface area contributed by atoms with Gasteiger partial charge in [0.2, 0.25) is 0 Å². The van der Waals surface area contributed by atoms with Crippen molar-refractivity contribution in [2.24, 2.45) is 0 Å². The first-order chi connectivity index (χ1) is 9.60. The molecule has 0 spiro atoms. The maximum atomic E-state index is 11.0. The number of hydrogen-bond donors (Lipinski definition) is 1. The van der Waals surface area contributed by atoms with Crippen molar-refractivity contribution in [1.29, 1.82) is 0 Å². The van der Waals surface area contributed by atoms with Crippen LogP contribution in [0, 0.1) is 0 Å². The number of fused-ring (bicyclic) bond motifs is 1. The molecule has 0 atom stereocenters. The number of benzene rings is 1. The van der Waals surface area contributed by atoms with E-state index >= 15 is 0 Å². The van der Waals surface area contributed by atoms with E-state index in [0.29, 0.717) is 28.4 Å². The smallest absolute Gasteiger partial charge is 0.323 e. The summed E-state index contributed by atoms with van der Waals surface area (Å²) in [7, 11) is 4.59. The summed E-state index contributed by atoms with van der Waals surface area (Å²) in [6.45, 7) is 0.0390. The molecule has 7 nitrogen and oxygen atoms in total. The van der Waals surface area contributed by atoms with E-state index in [-0.39, 0.29) is 13.2 Å². The van der Waals surface area contributed by atoms with Crippen LogP contribution in [0.1, 0.15) is 5.82 Å². The van der Waals surface area contributed by atoms with Gasteiger partial charge in [-0.1, -0.05) is 0 Å². The van der Waals surface area contributed by atoms with Crippen molar-refractivity contribution in [3.8, 4) is 11.5 Å². The summed E-state index contributed by atoms with van der Waals surface area (Å²) in [6, 6.07) is 3.43. The average Bonchev–Trinajstić information content (AvgIpc) is 2.74. The van der Waals surface area contributed by atoms with Gasteiger partial charge in [0.05, 0.1) is 25.3 Å². The molecule has 0 amide bonds. The minimum Gasteiger partial charge on any atom is -0.493 e. The number of carbonyl (C=O) groups is 1. The Bertz CT molecular complexity index is 635. The Balaban J connectivity index is 2.64. The van der Waals surface area contributed by atoms with Gasteiger partial charge in [-0.25, -0.2) is 4.98 Å². The molecule has 1 heterocycles. The lowest BCUT2D eigenvalue weighted by molar-refractivity contribution is -0.137. The van der Waals surface area contributed by atoms with E-state index in [1.165, 1.54) is 21.3 Å². The van der Waals surface area contributed by atoms with Crippen LogP contribution in [0.2, 0.25) is 0 Å². The molecule has 1 N–H and O–H groups in total. The van der Waals surface area contributed by atoms with Crippen LogP contribution in [0.5, 0.6) is 11.5 Å². The Morgan fingerprint density at radius 1 is 1.25 bits per heavy atom. The Labute approximate surface area is 115 Å². The van der Waals surface area contributed by atoms with Gasteiger partial charge in [0.1, 0.15) is 19.0 Å². The number of carboxylic acid groups (broad SMARTS) is 1. The van der Waals surface area contributed by atoms with Crippen molar-refractivity contribution in [2.75, 3.05) is 21.3 Å². The maximum Gasteiger partial charge on any atom is 0.323 e. The molecular formula is C13H16N2O5. The van der Waals surface area contributed by atoms with Crippen molar-refractivity contribution >= 4 is 17.0 Å². The standard InChI is InChI=1S/C13H16N2O5/c1-18-7-12-14-8-4-10(19-2)11(20-3)5-9(8)15(12)6-13(16)17/h4-5H,6-7H2,1-3H3,(H,16,17). The third kappa shape index (κ3) is 2.53. The number of methoxy groups -OCH3 is 3. The first-order valence-corrected chi connectivity index (χ1v) is 5.92. The maximum absolute atomic E-state index is 11.0. The minimum absolute atomic E-state index is 0.190. The number of aromatic nitrogens is 2. The monoisotopic (exact) mass is 280 g/mol. The largest absolute Gasteiger partial charge is 0.493 e. The van der Waals surface area contributed by atoms with Crippen LogP contribution in [0.4, 0.5) is 0 Å². The molecule has 0 aliphatic heterocycles.